The van der Waals surface area contributed by atoms with Crippen LogP contribution in [0.5, 0.6) is 0 Å². The molecule has 0 saturated carbocycles. The minimum atomic E-state index is -1.30. The Labute approximate surface area is 130 Å². The third-order valence-electron chi connectivity index (χ3n) is 4.68. The molecule has 0 heterocycles. The quantitative estimate of drug-likeness (QED) is 0.236. The van der Waals surface area contributed by atoms with Gasteiger partial charge in [0.05, 0.1) is 0 Å². The van der Waals surface area contributed by atoms with Crippen molar-refractivity contribution in [3.63, 3.8) is 0 Å². The molecule has 0 nitrogen and oxygen atoms in total. The Hall–Kier alpha value is 0.430. The van der Waals surface area contributed by atoms with Gasteiger partial charge >= 0.3 is 130 Å². The van der Waals surface area contributed by atoms with Crippen LogP contribution in [0.2, 0.25) is 0 Å². The number of rotatable bonds is 14. The van der Waals surface area contributed by atoms with Gasteiger partial charge in [0.25, 0.3) is 0 Å². The predicted octanol–water partition coefficient (Wildman–Crippen LogP) is 7.15. The molecule has 0 spiro atoms. The second-order valence-electron chi connectivity index (χ2n) is 8.45. The van der Waals surface area contributed by atoms with Gasteiger partial charge in [-0.2, -0.15) is 0 Å². The summed E-state index contributed by atoms with van der Waals surface area (Å²) in [5.74, 6) is 0. The van der Waals surface area contributed by atoms with Gasteiger partial charge in [0.2, 0.25) is 0 Å². The van der Waals surface area contributed by atoms with Crippen LogP contribution in [-0.4, -0.2) is 32.3 Å². The molecule has 0 radical (unpaired) electrons. The molecule has 0 aliphatic carbocycles. The zero-order chi connectivity index (χ0) is 15.3. The van der Waals surface area contributed by atoms with Crippen molar-refractivity contribution >= 4 is 6.60 Å². The second kappa shape index (κ2) is 11.1. The number of hydrogen-bond acceptors (Lipinski definition) is 0. The normalized spacial score (nSPS) is 14.2. The summed E-state index contributed by atoms with van der Waals surface area (Å²) in [6, 6.07) is 0. The minimum absolute atomic E-state index is 1.30. The van der Waals surface area contributed by atoms with Gasteiger partial charge in [0, 0.05) is 0 Å². The summed E-state index contributed by atoms with van der Waals surface area (Å²) in [5, 5.41) is 0. The van der Waals surface area contributed by atoms with Crippen molar-refractivity contribution in [2.24, 2.45) is 0 Å². The van der Waals surface area contributed by atoms with Crippen LogP contribution in [-0.2, 0) is 0 Å². The first-order valence-corrected chi connectivity index (χ1v) is 13.3. The molecule has 0 saturated heterocycles. The second-order valence-corrected chi connectivity index (χ2v) is 16.3. The maximum atomic E-state index is 2.62. The van der Waals surface area contributed by atoms with Crippen molar-refractivity contribution in [3.8, 4) is 0 Å². The summed E-state index contributed by atoms with van der Waals surface area (Å²) < 4.78 is 0. The van der Waals surface area contributed by atoms with Gasteiger partial charge < -0.3 is 0 Å². The van der Waals surface area contributed by atoms with Crippen molar-refractivity contribution < 1.29 is 0 Å². The maximum absolute atomic E-state index is 2.62. The van der Waals surface area contributed by atoms with Crippen LogP contribution in [0.25, 0.3) is 0 Å². The molecule has 0 amide bonds. The van der Waals surface area contributed by atoms with Gasteiger partial charge in [-0.3, -0.25) is 0 Å². The average molecular weight is 303 g/mol. The van der Waals surface area contributed by atoms with Gasteiger partial charge in [-0.25, -0.2) is 0 Å². The molecular weight excluding hydrogens is 259 g/mol. The average Bonchev–Trinajstić information content (AvgIpc) is 2.37. The summed E-state index contributed by atoms with van der Waals surface area (Å²) in [6.45, 7) is 11.2. The van der Waals surface area contributed by atoms with E-state index in [2.05, 4.69) is 33.8 Å². The third kappa shape index (κ3) is 13.4. The van der Waals surface area contributed by atoms with E-state index in [1.54, 1.807) is 0 Å². The molecular formula is C19H43P. The summed E-state index contributed by atoms with van der Waals surface area (Å²) in [7, 11) is 0. The predicted molar refractivity (Wildman–Crippen MR) is 101 cm³/mol. The molecule has 0 rings (SSSR count). The zero-order valence-electron chi connectivity index (χ0n) is 15.3. The first-order chi connectivity index (χ1) is 9.39. The van der Waals surface area contributed by atoms with E-state index in [9.17, 15) is 0 Å². The van der Waals surface area contributed by atoms with Crippen LogP contribution >= 0.6 is 6.60 Å². The van der Waals surface area contributed by atoms with Crippen molar-refractivity contribution in [3.05, 3.63) is 0 Å². The van der Waals surface area contributed by atoms with Gasteiger partial charge in [0.15, 0.2) is 0 Å². The van der Waals surface area contributed by atoms with Crippen LogP contribution in [0, 0.1) is 0 Å². The Kier molecular flexibility index (Phi) is 11.3. The Bertz CT molecular complexity index is 212. The standard InChI is InChI=1S/C19H43P/c1-6-8-10-12-13-14-15-17-19-20(3,4,5)18-16-11-9-7-2/h6-19H2,1-5H3. The Morgan fingerprint density at radius 2 is 0.750 bits per heavy atom. The van der Waals surface area contributed by atoms with Crippen molar-refractivity contribution in [2.75, 3.05) is 32.3 Å². The van der Waals surface area contributed by atoms with E-state index < -0.39 is 6.60 Å². The molecule has 0 fully saturated rings. The van der Waals surface area contributed by atoms with E-state index in [4.69, 9.17) is 0 Å². The fraction of sp³-hybridized carbons (Fsp3) is 1.00. The van der Waals surface area contributed by atoms with Gasteiger partial charge in [-0.1, -0.05) is 0 Å². The molecule has 0 aromatic carbocycles. The fourth-order valence-corrected chi connectivity index (χ4v) is 6.08. The van der Waals surface area contributed by atoms with E-state index in [0.717, 1.165) is 0 Å². The van der Waals surface area contributed by atoms with Crippen LogP contribution in [0.15, 0.2) is 0 Å². The van der Waals surface area contributed by atoms with Crippen LogP contribution in [0.1, 0.15) is 90.9 Å². The van der Waals surface area contributed by atoms with Crippen molar-refractivity contribution in [1.82, 2.24) is 0 Å². The molecule has 20 heavy (non-hydrogen) atoms. The van der Waals surface area contributed by atoms with E-state index in [1.807, 2.05) is 0 Å². The number of unbranched alkanes of at least 4 members (excludes halogenated alkanes) is 10. The van der Waals surface area contributed by atoms with Crippen molar-refractivity contribution in [1.29, 1.82) is 0 Å². The van der Waals surface area contributed by atoms with E-state index in [-0.39, 0.29) is 0 Å². The SMILES string of the molecule is CCCCCCCCCCP(C)(C)(C)CCCCCC. The molecule has 0 unspecified atom stereocenters. The first kappa shape index (κ1) is 20.4. The molecule has 0 atom stereocenters. The molecule has 0 aromatic rings. The summed E-state index contributed by atoms with van der Waals surface area (Å²) in [4.78, 5) is 0. The van der Waals surface area contributed by atoms with Crippen LogP contribution in [0.3, 0.4) is 0 Å². The van der Waals surface area contributed by atoms with E-state index in [1.165, 1.54) is 89.4 Å². The third-order valence-corrected chi connectivity index (χ3v) is 8.63. The summed E-state index contributed by atoms with van der Waals surface area (Å²) >= 11 is 0. The van der Waals surface area contributed by atoms with Crippen LogP contribution in [0.4, 0.5) is 0 Å². The van der Waals surface area contributed by atoms with E-state index >= 15 is 0 Å². The summed E-state index contributed by atoms with van der Waals surface area (Å²) in [6.07, 6.45) is 20.5. The molecule has 1 heteroatoms. The number of hydrogen-bond donors (Lipinski definition) is 0. The molecule has 0 aliphatic rings. The van der Waals surface area contributed by atoms with E-state index in [0.29, 0.717) is 0 Å². The first-order valence-electron chi connectivity index (χ1n) is 9.39. The zero-order valence-corrected chi connectivity index (χ0v) is 16.2. The Balaban J connectivity index is 3.58. The monoisotopic (exact) mass is 302 g/mol. The molecule has 0 aliphatic heterocycles. The van der Waals surface area contributed by atoms with Gasteiger partial charge in [0.1, 0.15) is 0 Å². The Morgan fingerprint density at radius 3 is 1.15 bits per heavy atom. The topological polar surface area (TPSA) is 0 Å². The van der Waals surface area contributed by atoms with Gasteiger partial charge in [-0.05, 0) is 0 Å². The van der Waals surface area contributed by atoms with Gasteiger partial charge in [-0.15, -0.1) is 0 Å². The fourth-order valence-electron chi connectivity index (χ4n) is 3.07. The molecule has 0 aromatic heterocycles. The van der Waals surface area contributed by atoms with Crippen LogP contribution < -0.4 is 0 Å². The van der Waals surface area contributed by atoms with Crippen molar-refractivity contribution in [2.45, 2.75) is 90.9 Å². The molecule has 0 bridgehead atoms. The Morgan fingerprint density at radius 1 is 0.450 bits per heavy atom. The molecule has 124 valence electrons. The summed E-state index contributed by atoms with van der Waals surface area (Å²) in [5.41, 5.74) is 0. The molecule has 0 N–H and O–H groups in total.